The van der Waals surface area contributed by atoms with E-state index in [2.05, 4.69) is 22.2 Å². The summed E-state index contributed by atoms with van der Waals surface area (Å²) in [4.78, 5) is 0.872. The summed E-state index contributed by atoms with van der Waals surface area (Å²) < 4.78 is 1.83. The molecule has 0 amide bonds. The second kappa shape index (κ2) is 4.02. The lowest BCUT2D eigenvalue weighted by Gasteiger charge is -1.91. The van der Waals surface area contributed by atoms with Gasteiger partial charge in [0.05, 0.1) is 0 Å². The Bertz CT molecular complexity index is 418. The van der Waals surface area contributed by atoms with E-state index in [1.54, 1.807) is 11.3 Å². The van der Waals surface area contributed by atoms with Crippen molar-refractivity contribution in [1.82, 2.24) is 19.8 Å². The first-order chi connectivity index (χ1) is 6.85. The molecule has 76 valence electrons. The van der Waals surface area contributed by atoms with Gasteiger partial charge in [0.2, 0.25) is 4.96 Å². The fraction of sp³-hybridized carbons (Fsp3) is 0.625. The van der Waals surface area contributed by atoms with Gasteiger partial charge in [0.15, 0.2) is 5.82 Å². The molecule has 2 N–H and O–H groups in total. The molecule has 0 aliphatic rings. The van der Waals surface area contributed by atoms with Gasteiger partial charge in [0.1, 0.15) is 5.01 Å². The number of nitrogens with zero attached hydrogens (tertiary/aromatic N) is 4. The van der Waals surface area contributed by atoms with Crippen molar-refractivity contribution in [1.29, 1.82) is 0 Å². The Balaban J connectivity index is 2.35. The summed E-state index contributed by atoms with van der Waals surface area (Å²) in [6.07, 6.45) is 2.80. The first kappa shape index (κ1) is 9.54. The van der Waals surface area contributed by atoms with Crippen LogP contribution in [0, 0.1) is 0 Å². The molecule has 2 heterocycles. The second-order valence-electron chi connectivity index (χ2n) is 3.10. The minimum Gasteiger partial charge on any atom is -0.330 e. The van der Waals surface area contributed by atoms with Gasteiger partial charge in [0, 0.05) is 12.8 Å². The summed E-state index contributed by atoms with van der Waals surface area (Å²) in [7, 11) is 0. The van der Waals surface area contributed by atoms with Crippen LogP contribution in [0.25, 0.3) is 4.96 Å². The zero-order valence-corrected chi connectivity index (χ0v) is 8.92. The Hall–Kier alpha value is -1.01. The molecule has 0 atom stereocenters. The molecule has 5 nitrogen and oxygen atoms in total. The van der Waals surface area contributed by atoms with Crippen LogP contribution in [0.2, 0.25) is 0 Å². The van der Waals surface area contributed by atoms with Gasteiger partial charge in [-0.15, -0.1) is 10.2 Å². The summed E-state index contributed by atoms with van der Waals surface area (Å²) in [6, 6.07) is 0. The normalized spacial score (nSPS) is 11.3. The van der Waals surface area contributed by atoms with Crippen LogP contribution in [0.15, 0.2) is 0 Å². The van der Waals surface area contributed by atoms with Crippen molar-refractivity contribution in [3.63, 3.8) is 0 Å². The van der Waals surface area contributed by atoms with Gasteiger partial charge in [-0.2, -0.15) is 9.61 Å². The fourth-order valence-electron chi connectivity index (χ4n) is 1.30. The van der Waals surface area contributed by atoms with Crippen molar-refractivity contribution in [2.75, 3.05) is 6.54 Å². The Morgan fingerprint density at radius 2 is 2.21 bits per heavy atom. The summed E-state index contributed by atoms with van der Waals surface area (Å²) in [5, 5.41) is 13.6. The predicted molar refractivity (Wildman–Crippen MR) is 55.4 cm³/mol. The first-order valence-corrected chi connectivity index (χ1v) is 5.57. The fourth-order valence-corrected chi connectivity index (χ4v) is 2.17. The Morgan fingerprint density at radius 3 is 2.93 bits per heavy atom. The van der Waals surface area contributed by atoms with E-state index in [0.717, 1.165) is 35.1 Å². The van der Waals surface area contributed by atoms with Crippen molar-refractivity contribution in [3.8, 4) is 0 Å². The van der Waals surface area contributed by atoms with Gasteiger partial charge in [0.25, 0.3) is 0 Å². The number of aryl methyl sites for hydroxylation is 1. The number of hydrogen-bond donors (Lipinski definition) is 1. The average Bonchev–Trinajstić information content (AvgIpc) is 2.69. The molecule has 0 aliphatic heterocycles. The van der Waals surface area contributed by atoms with Crippen LogP contribution < -0.4 is 5.73 Å². The maximum absolute atomic E-state index is 5.47. The van der Waals surface area contributed by atoms with E-state index in [9.17, 15) is 0 Å². The largest absolute Gasteiger partial charge is 0.330 e. The monoisotopic (exact) mass is 211 g/mol. The molecule has 0 fully saturated rings. The van der Waals surface area contributed by atoms with Crippen molar-refractivity contribution in [2.45, 2.75) is 26.2 Å². The quantitative estimate of drug-likeness (QED) is 0.805. The number of hydrogen-bond acceptors (Lipinski definition) is 5. The predicted octanol–water partition coefficient (Wildman–Crippen LogP) is 0.640. The van der Waals surface area contributed by atoms with Crippen LogP contribution in [-0.2, 0) is 12.8 Å². The van der Waals surface area contributed by atoms with Gasteiger partial charge < -0.3 is 5.73 Å². The van der Waals surface area contributed by atoms with Gasteiger partial charge in [-0.25, -0.2) is 0 Å². The molecule has 0 radical (unpaired) electrons. The molecule has 0 aromatic carbocycles. The number of nitrogens with two attached hydrogens (primary N) is 1. The maximum atomic E-state index is 5.47. The van der Waals surface area contributed by atoms with Crippen LogP contribution in [0.5, 0.6) is 0 Å². The van der Waals surface area contributed by atoms with E-state index >= 15 is 0 Å². The van der Waals surface area contributed by atoms with E-state index in [-0.39, 0.29) is 0 Å². The standard InChI is InChI=1S/C8H13N5S/c1-2-3-6-10-11-8-13(6)12-7(14-8)4-5-9/h2-5,9H2,1H3. The van der Waals surface area contributed by atoms with E-state index in [1.165, 1.54) is 0 Å². The zero-order valence-electron chi connectivity index (χ0n) is 8.10. The van der Waals surface area contributed by atoms with Crippen LogP contribution in [-0.4, -0.2) is 26.4 Å². The third kappa shape index (κ3) is 1.62. The molecular weight excluding hydrogens is 198 g/mol. The Labute approximate surface area is 86.0 Å². The van der Waals surface area contributed by atoms with Crippen LogP contribution in [0.1, 0.15) is 24.2 Å². The lowest BCUT2D eigenvalue weighted by molar-refractivity contribution is 0.761. The molecule has 2 aromatic rings. The van der Waals surface area contributed by atoms with Gasteiger partial charge in [-0.3, -0.25) is 0 Å². The zero-order chi connectivity index (χ0) is 9.97. The van der Waals surface area contributed by atoms with E-state index in [0.29, 0.717) is 6.54 Å². The van der Waals surface area contributed by atoms with Gasteiger partial charge >= 0.3 is 0 Å². The number of aromatic nitrogens is 4. The molecule has 0 spiro atoms. The Kier molecular flexibility index (Phi) is 2.74. The van der Waals surface area contributed by atoms with Crippen LogP contribution >= 0.6 is 11.3 Å². The smallest absolute Gasteiger partial charge is 0.234 e. The topological polar surface area (TPSA) is 69.1 Å². The van der Waals surface area contributed by atoms with Crippen molar-refractivity contribution < 1.29 is 0 Å². The van der Waals surface area contributed by atoms with E-state index in [4.69, 9.17) is 5.73 Å². The van der Waals surface area contributed by atoms with E-state index < -0.39 is 0 Å². The molecular formula is C8H13N5S. The first-order valence-electron chi connectivity index (χ1n) is 4.75. The molecule has 2 aromatic heterocycles. The highest BCUT2D eigenvalue weighted by atomic mass is 32.1. The van der Waals surface area contributed by atoms with Crippen molar-refractivity contribution in [2.24, 2.45) is 5.73 Å². The molecule has 0 aliphatic carbocycles. The molecule has 14 heavy (non-hydrogen) atoms. The minimum absolute atomic E-state index is 0.632. The lowest BCUT2D eigenvalue weighted by atomic mass is 10.3. The number of fused-ring (bicyclic) bond motifs is 1. The molecule has 0 bridgehead atoms. The SMILES string of the molecule is CCCc1nnc2sc(CCN)nn12. The van der Waals surface area contributed by atoms with Crippen molar-refractivity contribution >= 4 is 16.3 Å². The van der Waals surface area contributed by atoms with Crippen LogP contribution in [0.3, 0.4) is 0 Å². The van der Waals surface area contributed by atoms with E-state index in [1.807, 2.05) is 4.52 Å². The summed E-state index contributed by atoms with van der Waals surface area (Å²) >= 11 is 1.57. The third-order valence-electron chi connectivity index (χ3n) is 1.93. The van der Waals surface area contributed by atoms with Gasteiger partial charge in [-0.1, -0.05) is 18.3 Å². The average molecular weight is 211 g/mol. The highest BCUT2D eigenvalue weighted by Crippen LogP contribution is 2.14. The van der Waals surface area contributed by atoms with Crippen molar-refractivity contribution in [3.05, 3.63) is 10.8 Å². The highest BCUT2D eigenvalue weighted by Gasteiger charge is 2.09. The number of rotatable bonds is 4. The minimum atomic E-state index is 0.632. The highest BCUT2D eigenvalue weighted by molar-refractivity contribution is 7.16. The molecule has 0 unspecified atom stereocenters. The molecule has 2 rings (SSSR count). The van der Waals surface area contributed by atoms with Crippen LogP contribution in [0.4, 0.5) is 0 Å². The van der Waals surface area contributed by atoms with Gasteiger partial charge in [-0.05, 0) is 13.0 Å². The molecule has 6 heteroatoms. The Morgan fingerprint density at radius 1 is 1.36 bits per heavy atom. The summed E-state index contributed by atoms with van der Waals surface area (Å²) in [6.45, 7) is 2.75. The lowest BCUT2D eigenvalue weighted by Crippen LogP contribution is -2.03. The molecule has 0 saturated carbocycles. The second-order valence-corrected chi connectivity index (χ2v) is 4.14. The maximum Gasteiger partial charge on any atom is 0.234 e. The third-order valence-corrected chi connectivity index (χ3v) is 2.89. The summed E-state index contributed by atoms with van der Waals surface area (Å²) in [5.74, 6) is 0.946. The molecule has 0 saturated heterocycles. The summed E-state index contributed by atoms with van der Waals surface area (Å²) in [5.41, 5.74) is 5.47.